The smallest absolute Gasteiger partial charge is 0.128 e. The van der Waals surface area contributed by atoms with E-state index >= 15 is 0 Å². The quantitative estimate of drug-likeness (QED) is 0.316. The highest BCUT2D eigenvalue weighted by molar-refractivity contribution is 7.98. The van der Waals surface area contributed by atoms with Crippen LogP contribution in [0, 0.1) is 13.8 Å². The van der Waals surface area contributed by atoms with E-state index in [1.165, 1.54) is 32.5 Å². The number of benzene rings is 2. The van der Waals surface area contributed by atoms with Crippen LogP contribution in [0.2, 0.25) is 0 Å². The molecule has 4 heteroatoms. The largest absolute Gasteiger partial charge is 0.229 e. The van der Waals surface area contributed by atoms with Gasteiger partial charge in [-0.1, -0.05) is 60.2 Å². The number of rotatable bonds is 4. The molecule has 0 N–H and O–H groups in total. The fourth-order valence-electron chi connectivity index (χ4n) is 2.92. The number of hydrogen-bond acceptors (Lipinski definition) is 4. The Bertz CT molecular complexity index is 1010. The molecule has 0 aliphatic rings. The molecule has 0 saturated carbocycles. The molecule has 0 fully saturated rings. The highest BCUT2D eigenvalue weighted by Gasteiger charge is 2.16. The molecule has 2 nitrogen and oxygen atoms in total. The molecule has 0 aliphatic heterocycles. The lowest BCUT2D eigenvalue weighted by molar-refractivity contribution is 1.11. The maximum Gasteiger partial charge on any atom is 0.128 e. The van der Waals surface area contributed by atoms with Gasteiger partial charge < -0.3 is 0 Å². The number of thiophene rings is 1. The molecule has 0 amide bonds. The van der Waals surface area contributed by atoms with Crippen molar-refractivity contribution in [2.45, 2.75) is 24.6 Å². The molecule has 2 aromatic heterocycles. The fraction of sp³-hybridized carbons (Fsp3) is 0.143. The molecule has 2 heterocycles. The van der Waals surface area contributed by atoms with Gasteiger partial charge in [-0.05, 0) is 25.0 Å². The first-order valence-corrected chi connectivity index (χ1v) is 10.0. The standard InChI is InChI=1S/C21H18N2S2/c1-14-8-10-16(11-9-14)12-24-20-19-18(17-6-4-3-5-7-17)15(2)25-21(19)23-13-22-20/h3-11,13H,12H2,1-2H3. The Morgan fingerprint density at radius 2 is 1.68 bits per heavy atom. The summed E-state index contributed by atoms with van der Waals surface area (Å²) in [6.07, 6.45) is 1.69. The Balaban J connectivity index is 1.75. The summed E-state index contributed by atoms with van der Waals surface area (Å²) in [5, 5.41) is 2.25. The van der Waals surface area contributed by atoms with Crippen LogP contribution in [0.25, 0.3) is 21.3 Å². The molecule has 25 heavy (non-hydrogen) atoms. The maximum atomic E-state index is 4.60. The summed E-state index contributed by atoms with van der Waals surface area (Å²) >= 11 is 3.53. The molecular formula is C21H18N2S2. The van der Waals surface area contributed by atoms with Gasteiger partial charge in [0, 0.05) is 16.2 Å². The monoisotopic (exact) mass is 362 g/mol. The van der Waals surface area contributed by atoms with E-state index in [1.807, 2.05) is 0 Å². The van der Waals surface area contributed by atoms with Crippen molar-refractivity contribution in [3.8, 4) is 11.1 Å². The van der Waals surface area contributed by atoms with Crippen LogP contribution in [0.4, 0.5) is 0 Å². The van der Waals surface area contributed by atoms with Crippen molar-refractivity contribution in [3.05, 3.63) is 76.9 Å². The minimum atomic E-state index is 0.912. The lowest BCUT2D eigenvalue weighted by Gasteiger charge is -2.06. The van der Waals surface area contributed by atoms with E-state index in [0.29, 0.717) is 0 Å². The number of aryl methyl sites for hydroxylation is 2. The summed E-state index contributed by atoms with van der Waals surface area (Å²) in [5.41, 5.74) is 5.11. The first-order valence-electron chi connectivity index (χ1n) is 8.20. The summed E-state index contributed by atoms with van der Waals surface area (Å²) in [5.74, 6) is 0.912. The average molecular weight is 363 g/mol. The number of aromatic nitrogens is 2. The molecule has 0 bridgehead atoms. The summed E-state index contributed by atoms with van der Waals surface area (Å²) in [6, 6.07) is 19.3. The number of thioether (sulfide) groups is 1. The number of fused-ring (bicyclic) bond motifs is 1. The van der Waals surface area contributed by atoms with Crippen LogP contribution in [0.5, 0.6) is 0 Å². The highest BCUT2D eigenvalue weighted by atomic mass is 32.2. The predicted molar refractivity (Wildman–Crippen MR) is 108 cm³/mol. The zero-order valence-corrected chi connectivity index (χ0v) is 15.8. The molecule has 4 rings (SSSR count). The molecule has 0 radical (unpaired) electrons. The zero-order valence-electron chi connectivity index (χ0n) is 14.2. The van der Waals surface area contributed by atoms with Crippen LogP contribution in [-0.2, 0) is 5.75 Å². The van der Waals surface area contributed by atoms with E-state index in [2.05, 4.69) is 78.4 Å². The Kier molecular flexibility index (Phi) is 4.55. The lowest BCUT2D eigenvalue weighted by atomic mass is 10.0. The van der Waals surface area contributed by atoms with Crippen LogP contribution in [0.1, 0.15) is 16.0 Å². The first kappa shape index (κ1) is 16.3. The number of nitrogens with zero attached hydrogens (tertiary/aromatic N) is 2. The zero-order chi connectivity index (χ0) is 17.2. The second-order valence-corrected chi connectivity index (χ2v) is 8.20. The molecule has 0 aliphatic carbocycles. The van der Waals surface area contributed by atoms with Crippen molar-refractivity contribution < 1.29 is 0 Å². The van der Waals surface area contributed by atoms with Gasteiger partial charge in [0.25, 0.3) is 0 Å². The van der Waals surface area contributed by atoms with E-state index in [1.54, 1.807) is 29.4 Å². The molecule has 0 saturated heterocycles. The molecule has 0 atom stereocenters. The van der Waals surface area contributed by atoms with Gasteiger partial charge in [0.2, 0.25) is 0 Å². The maximum absolute atomic E-state index is 4.60. The summed E-state index contributed by atoms with van der Waals surface area (Å²) in [7, 11) is 0. The van der Waals surface area contributed by atoms with Crippen molar-refractivity contribution in [1.82, 2.24) is 9.97 Å². The van der Waals surface area contributed by atoms with Gasteiger partial charge in [-0.25, -0.2) is 9.97 Å². The van der Waals surface area contributed by atoms with Crippen molar-refractivity contribution in [3.63, 3.8) is 0 Å². The summed E-state index contributed by atoms with van der Waals surface area (Å²) < 4.78 is 0. The van der Waals surface area contributed by atoms with E-state index in [9.17, 15) is 0 Å². The van der Waals surface area contributed by atoms with Crippen molar-refractivity contribution in [1.29, 1.82) is 0 Å². The summed E-state index contributed by atoms with van der Waals surface area (Å²) in [4.78, 5) is 11.5. The van der Waals surface area contributed by atoms with Crippen LogP contribution in [0.15, 0.2) is 66.0 Å². The van der Waals surface area contributed by atoms with Gasteiger partial charge in [0.05, 0.1) is 5.39 Å². The van der Waals surface area contributed by atoms with Crippen LogP contribution >= 0.6 is 23.1 Å². The Labute approximate surface area is 156 Å². The van der Waals surface area contributed by atoms with Gasteiger partial charge in [-0.2, -0.15) is 0 Å². The Morgan fingerprint density at radius 3 is 2.44 bits per heavy atom. The lowest BCUT2D eigenvalue weighted by Crippen LogP contribution is -1.88. The van der Waals surface area contributed by atoms with Crippen LogP contribution < -0.4 is 0 Å². The van der Waals surface area contributed by atoms with Crippen LogP contribution in [0.3, 0.4) is 0 Å². The highest BCUT2D eigenvalue weighted by Crippen LogP contribution is 2.41. The third kappa shape index (κ3) is 3.32. The molecule has 0 spiro atoms. The third-order valence-electron chi connectivity index (χ3n) is 4.19. The molecule has 0 unspecified atom stereocenters. The topological polar surface area (TPSA) is 25.8 Å². The predicted octanol–water partition coefficient (Wildman–Crippen LogP) is 6.27. The molecule has 2 aromatic carbocycles. The van der Waals surface area contributed by atoms with E-state index in [4.69, 9.17) is 0 Å². The summed E-state index contributed by atoms with van der Waals surface area (Å²) in [6.45, 7) is 4.29. The molecule has 4 aromatic rings. The normalized spacial score (nSPS) is 11.1. The minimum Gasteiger partial charge on any atom is -0.229 e. The van der Waals surface area contributed by atoms with E-state index in [0.717, 1.165) is 15.6 Å². The Hall–Kier alpha value is -2.17. The molecule has 124 valence electrons. The third-order valence-corrected chi connectivity index (χ3v) is 6.26. The Morgan fingerprint density at radius 1 is 0.920 bits per heavy atom. The minimum absolute atomic E-state index is 0.912. The van der Waals surface area contributed by atoms with E-state index < -0.39 is 0 Å². The SMILES string of the molecule is Cc1ccc(CSc2ncnc3sc(C)c(-c4ccccc4)c23)cc1. The second-order valence-electron chi connectivity index (χ2n) is 6.03. The second kappa shape index (κ2) is 6.98. The van der Waals surface area contributed by atoms with Gasteiger partial charge in [0.1, 0.15) is 16.2 Å². The van der Waals surface area contributed by atoms with E-state index in [-0.39, 0.29) is 0 Å². The fourth-order valence-corrected chi connectivity index (χ4v) is 4.95. The van der Waals surface area contributed by atoms with Gasteiger partial charge in [-0.3, -0.25) is 0 Å². The van der Waals surface area contributed by atoms with Crippen molar-refractivity contribution >= 4 is 33.3 Å². The van der Waals surface area contributed by atoms with Gasteiger partial charge in [-0.15, -0.1) is 23.1 Å². The number of hydrogen-bond donors (Lipinski definition) is 0. The van der Waals surface area contributed by atoms with Gasteiger partial charge in [0.15, 0.2) is 0 Å². The van der Waals surface area contributed by atoms with Gasteiger partial charge >= 0.3 is 0 Å². The van der Waals surface area contributed by atoms with Crippen LogP contribution in [-0.4, -0.2) is 9.97 Å². The average Bonchev–Trinajstić information content (AvgIpc) is 2.98. The van der Waals surface area contributed by atoms with Crippen molar-refractivity contribution in [2.75, 3.05) is 0 Å². The molecular weight excluding hydrogens is 344 g/mol. The first-order chi connectivity index (χ1) is 12.2. The van der Waals surface area contributed by atoms with Crippen molar-refractivity contribution in [2.24, 2.45) is 0 Å².